The van der Waals surface area contributed by atoms with Gasteiger partial charge in [-0.2, -0.15) is 0 Å². The molecule has 0 N–H and O–H groups in total. The minimum absolute atomic E-state index is 0.0982. The fourth-order valence-corrected chi connectivity index (χ4v) is 3.56. The van der Waals surface area contributed by atoms with Gasteiger partial charge in [0.25, 0.3) is 0 Å². The molecule has 0 spiro atoms. The van der Waals surface area contributed by atoms with E-state index < -0.39 is 0 Å². The van der Waals surface area contributed by atoms with Crippen molar-refractivity contribution in [2.45, 2.75) is 52.6 Å². The van der Waals surface area contributed by atoms with Gasteiger partial charge in [0, 0.05) is 11.0 Å². The molecule has 2 rings (SSSR count). The van der Waals surface area contributed by atoms with Crippen LogP contribution in [0.25, 0.3) is 0 Å². The normalized spacial score (nSPS) is 39.8. The molecule has 2 heteroatoms. The van der Waals surface area contributed by atoms with Crippen LogP contribution in [-0.2, 0) is 9.53 Å². The van der Waals surface area contributed by atoms with E-state index in [4.69, 9.17) is 4.74 Å². The van der Waals surface area contributed by atoms with Gasteiger partial charge in [-0.25, -0.2) is 4.79 Å². The molecule has 2 saturated carbocycles. The van der Waals surface area contributed by atoms with Crippen molar-refractivity contribution in [1.29, 1.82) is 0 Å². The fraction of sp³-hybridized carbons (Fsp3) is 0.786. The number of hydrogen-bond acceptors (Lipinski definition) is 2. The van der Waals surface area contributed by atoms with Gasteiger partial charge in [0.2, 0.25) is 0 Å². The van der Waals surface area contributed by atoms with Crippen LogP contribution in [0.3, 0.4) is 0 Å². The quantitative estimate of drug-likeness (QED) is 0.529. The van der Waals surface area contributed by atoms with E-state index in [1.165, 1.54) is 19.3 Å². The van der Waals surface area contributed by atoms with E-state index >= 15 is 0 Å². The average Bonchev–Trinajstić information content (AvgIpc) is 2.70. The monoisotopic (exact) mass is 222 g/mol. The molecule has 0 aromatic carbocycles. The van der Waals surface area contributed by atoms with Crippen LogP contribution in [0, 0.1) is 17.3 Å². The predicted molar refractivity (Wildman–Crippen MR) is 63.9 cm³/mol. The van der Waals surface area contributed by atoms with E-state index in [2.05, 4.69) is 27.4 Å². The SMILES string of the molecule is C=C(C)C(=O)OC1(C)C2CCC(C2)C1(C)C. The molecule has 0 radical (unpaired) electrons. The molecule has 0 aliphatic heterocycles. The third kappa shape index (κ3) is 1.35. The highest BCUT2D eigenvalue weighted by atomic mass is 16.6. The topological polar surface area (TPSA) is 26.3 Å². The summed E-state index contributed by atoms with van der Waals surface area (Å²) >= 11 is 0. The van der Waals surface area contributed by atoms with Crippen LogP contribution in [0.1, 0.15) is 47.0 Å². The summed E-state index contributed by atoms with van der Waals surface area (Å²) in [5, 5.41) is 0. The predicted octanol–water partition coefficient (Wildman–Crippen LogP) is 3.32. The molecule has 0 saturated heterocycles. The van der Waals surface area contributed by atoms with Crippen LogP contribution >= 0.6 is 0 Å². The Morgan fingerprint density at radius 3 is 2.25 bits per heavy atom. The number of hydrogen-bond donors (Lipinski definition) is 0. The number of esters is 1. The standard InChI is InChI=1S/C14H22O2/c1-9(2)12(15)16-14(5)11-7-6-10(8-11)13(14,3)4/h10-11H,1,6-8H2,2-5H3. The van der Waals surface area contributed by atoms with E-state index in [1.54, 1.807) is 6.92 Å². The highest BCUT2D eigenvalue weighted by Crippen LogP contribution is 2.62. The first kappa shape index (κ1) is 11.7. The summed E-state index contributed by atoms with van der Waals surface area (Å²) in [5.74, 6) is 1.01. The molecule has 3 atom stereocenters. The minimum atomic E-state index is -0.300. The Hall–Kier alpha value is -0.790. The third-order valence-electron chi connectivity index (χ3n) is 5.16. The number of ether oxygens (including phenoxy) is 1. The Bertz CT molecular complexity index is 343. The van der Waals surface area contributed by atoms with Gasteiger partial charge in [0.1, 0.15) is 5.60 Å². The second kappa shape index (κ2) is 3.35. The maximum absolute atomic E-state index is 11.7. The van der Waals surface area contributed by atoms with Gasteiger partial charge in [0.05, 0.1) is 0 Å². The zero-order valence-electron chi connectivity index (χ0n) is 10.8. The van der Waals surface area contributed by atoms with Crippen molar-refractivity contribution in [2.75, 3.05) is 0 Å². The molecule has 90 valence electrons. The largest absolute Gasteiger partial charge is 0.455 e. The van der Waals surface area contributed by atoms with Gasteiger partial charge in [-0.15, -0.1) is 0 Å². The molecule has 2 bridgehead atoms. The first-order chi connectivity index (χ1) is 7.29. The lowest BCUT2D eigenvalue weighted by atomic mass is 9.66. The van der Waals surface area contributed by atoms with E-state index in [0.29, 0.717) is 17.4 Å². The Labute approximate surface area is 98.1 Å². The molecule has 0 heterocycles. The highest BCUT2D eigenvalue weighted by Gasteiger charge is 2.62. The second-order valence-corrected chi connectivity index (χ2v) is 6.21. The summed E-state index contributed by atoms with van der Waals surface area (Å²) in [6.45, 7) is 12.0. The molecule has 2 nitrogen and oxygen atoms in total. The highest BCUT2D eigenvalue weighted by molar-refractivity contribution is 5.87. The van der Waals surface area contributed by atoms with Gasteiger partial charge < -0.3 is 4.74 Å². The maximum atomic E-state index is 11.7. The van der Waals surface area contributed by atoms with Crippen molar-refractivity contribution >= 4 is 5.97 Å². The van der Waals surface area contributed by atoms with Crippen molar-refractivity contribution in [1.82, 2.24) is 0 Å². The molecular weight excluding hydrogens is 200 g/mol. The second-order valence-electron chi connectivity index (χ2n) is 6.21. The Kier molecular flexibility index (Phi) is 2.45. The number of rotatable bonds is 2. The summed E-state index contributed by atoms with van der Waals surface area (Å²) in [5.41, 5.74) is 0.298. The minimum Gasteiger partial charge on any atom is -0.455 e. The number of carbonyl (C=O) groups is 1. The van der Waals surface area contributed by atoms with Crippen LogP contribution in [0.15, 0.2) is 12.2 Å². The molecule has 2 fully saturated rings. The fourth-order valence-electron chi connectivity index (χ4n) is 3.56. The summed E-state index contributed by atoms with van der Waals surface area (Å²) in [6, 6.07) is 0. The van der Waals surface area contributed by atoms with Crippen LogP contribution in [0.2, 0.25) is 0 Å². The maximum Gasteiger partial charge on any atom is 0.333 e. The van der Waals surface area contributed by atoms with Crippen molar-refractivity contribution in [3.8, 4) is 0 Å². The molecule has 3 unspecified atom stereocenters. The molecular formula is C14H22O2. The van der Waals surface area contributed by atoms with E-state index in [0.717, 1.165) is 0 Å². The van der Waals surface area contributed by atoms with Gasteiger partial charge in [0.15, 0.2) is 0 Å². The Balaban J connectivity index is 2.24. The van der Waals surface area contributed by atoms with E-state index in [1.807, 2.05) is 0 Å². The molecule has 0 aromatic rings. The lowest BCUT2D eigenvalue weighted by Gasteiger charge is -2.46. The van der Waals surface area contributed by atoms with Crippen LogP contribution < -0.4 is 0 Å². The third-order valence-corrected chi connectivity index (χ3v) is 5.16. The molecule has 16 heavy (non-hydrogen) atoms. The lowest BCUT2D eigenvalue weighted by molar-refractivity contribution is -0.175. The number of carbonyl (C=O) groups excluding carboxylic acids is 1. The molecule has 0 amide bonds. The average molecular weight is 222 g/mol. The smallest absolute Gasteiger partial charge is 0.333 e. The first-order valence-electron chi connectivity index (χ1n) is 6.18. The summed E-state index contributed by atoms with van der Waals surface area (Å²) in [7, 11) is 0. The van der Waals surface area contributed by atoms with Gasteiger partial charge in [-0.1, -0.05) is 20.4 Å². The van der Waals surface area contributed by atoms with Crippen molar-refractivity contribution in [3.05, 3.63) is 12.2 Å². The van der Waals surface area contributed by atoms with Crippen LogP contribution in [0.5, 0.6) is 0 Å². The zero-order valence-corrected chi connectivity index (χ0v) is 10.8. The van der Waals surface area contributed by atoms with E-state index in [9.17, 15) is 4.79 Å². The van der Waals surface area contributed by atoms with Crippen molar-refractivity contribution in [2.24, 2.45) is 17.3 Å². The van der Waals surface area contributed by atoms with Crippen LogP contribution in [0.4, 0.5) is 0 Å². The summed E-state index contributed by atoms with van der Waals surface area (Å²) in [6.07, 6.45) is 3.71. The number of fused-ring (bicyclic) bond motifs is 2. The molecule has 2 aliphatic carbocycles. The Morgan fingerprint density at radius 1 is 1.25 bits per heavy atom. The van der Waals surface area contributed by atoms with Gasteiger partial charge in [-0.05, 0) is 44.9 Å². The molecule has 2 aliphatic rings. The van der Waals surface area contributed by atoms with Gasteiger partial charge in [-0.3, -0.25) is 0 Å². The first-order valence-corrected chi connectivity index (χ1v) is 6.18. The summed E-state index contributed by atoms with van der Waals surface area (Å²) < 4.78 is 5.77. The van der Waals surface area contributed by atoms with Crippen molar-refractivity contribution < 1.29 is 9.53 Å². The lowest BCUT2D eigenvalue weighted by Crippen LogP contribution is -2.50. The zero-order chi connectivity index (χ0) is 12.1. The Morgan fingerprint density at radius 2 is 1.81 bits per heavy atom. The molecule has 0 aromatic heterocycles. The summed E-state index contributed by atoms with van der Waals surface area (Å²) in [4.78, 5) is 11.7. The van der Waals surface area contributed by atoms with Crippen molar-refractivity contribution in [3.63, 3.8) is 0 Å². The van der Waals surface area contributed by atoms with Crippen LogP contribution in [-0.4, -0.2) is 11.6 Å². The van der Waals surface area contributed by atoms with E-state index in [-0.39, 0.29) is 17.0 Å². The van der Waals surface area contributed by atoms with Gasteiger partial charge >= 0.3 is 5.97 Å².